The van der Waals surface area contributed by atoms with Gasteiger partial charge in [-0.1, -0.05) is 18.5 Å². The third-order valence-electron chi connectivity index (χ3n) is 9.21. The smallest absolute Gasteiger partial charge is 0.375 e. The number of likely N-dealkylation sites (tertiary alicyclic amines) is 1. The summed E-state index contributed by atoms with van der Waals surface area (Å²) in [6.07, 6.45) is -2.45. The van der Waals surface area contributed by atoms with E-state index in [2.05, 4.69) is 21.4 Å². The van der Waals surface area contributed by atoms with E-state index in [0.29, 0.717) is 12.1 Å². The second kappa shape index (κ2) is 14.2. The van der Waals surface area contributed by atoms with E-state index < -0.39 is 40.2 Å². The molecule has 4 heterocycles. The van der Waals surface area contributed by atoms with Gasteiger partial charge in [-0.2, -0.15) is 18.2 Å². The van der Waals surface area contributed by atoms with Crippen LogP contribution in [0.5, 0.6) is 0 Å². The number of rotatable bonds is 10. The molecule has 4 atom stereocenters. The number of alkyl halides is 3. The first-order chi connectivity index (χ1) is 23.2. The Morgan fingerprint density at radius 2 is 1.92 bits per heavy atom. The van der Waals surface area contributed by atoms with Crippen LogP contribution < -0.4 is 10.6 Å². The van der Waals surface area contributed by atoms with E-state index in [1.165, 1.54) is 18.0 Å². The molecule has 16 heteroatoms. The van der Waals surface area contributed by atoms with Crippen molar-refractivity contribution >= 4 is 46.3 Å². The Balaban J connectivity index is 1.41. The van der Waals surface area contributed by atoms with Gasteiger partial charge in [0.05, 0.1) is 29.7 Å². The molecule has 0 aliphatic carbocycles. The molecule has 1 aromatic heterocycles. The lowest BCUT2D eigenvalue weighted by Crippen LogP contribution is -2.58. The largest absolute Gasteiger partial charge is 0.417 e. The molecule has 0 radical (unpaired) electrons. The van der Waals surface area contributed by atoms with Crippen LogP contribution in [-0.4, -0.2) is 106 Å². The minimum atomic E-state index is -4.96. The Kier molecular flexibility index (Phi) is 10.3. The molecule has 4 unspecified atom stereocenters. The van der Waals surface area contributed by atoms with Gasteiger partial charge in [0.2, 0.25) is 5.91 Å². The summed E-state index contributed by atoms with van der Waals surface area (Å²) in [5.41, 5.74) is -2.83. The Hall–Kier alpha value is -3.18. The van der Waals surface area contributed by atoms with E-state index in [1.807, 2.05) is 11.4 Å². The van der Waals surface area contributed by atoms with Crippen molar-refractivity contribution in [3.8, 4) is 11.1 Å². The zero-order valence-corrected chi connectivity index (χ0v) is 28.9. The molecule has 49 heavy (non-hydrogen) atoms. The second-order valence-electron chi connectivity index (χ2n) is 12.7. The summed E-state index contributed by atoms with van der Waals surface area (Å²) in [6.45, 7) is 9.98. The van der Waals surface area contributed by atoms with E-state index in [-0.39, 0.29) is 64.7 Å². The maximum Gasteiger partial charge on any atom is 0.417 e. The van der Waals surface area contributed by atoms with Crippen molar-refractivity contribution < 1.29 is 31.5 Å². The molecule has 0 spiro atoms. The third kappa shape index (κ3) is 7.34. The average molecular weight is 725 g/mol. The SMILES string of the molecule is C=CC(=O)N1C(C)CN(c2nc(=O)[nH]c3c(SCN(C)SCCN4CC5CC4CO5)c(-c4ccc(F)cc4F)c(C(F)(F)F)cc23)CC1C. The monoisotopic (exact) mass is 724 g/mol. The standard InChI is InChI=1S/C33H37F5N6O3S2/c1-5-27(45)44-18(2)13-43(14-19(44)3)31-24-12-25(33(36,37)38)28(23-7-6-20(34)10-26(23)35)30(29(24)39-32(46)40-31)48-17-41(4)49-9-8-42-15-22-11-21(42)16-47-22/h5-7,10,12,18-19,21-22H,1,8-9,11,13-17H2,2-4H3,(H,39,40,46). The van der Waals surface area contributed by atoms with E-state index in [1.54, 1.807) is 23.6 Å². The molecule has 6 rings (SSSR count). The molecule has 9 nitrogen and oxygen atoms in total. The number of carbonyl (C=O) groups is 1. The molecule has 1 amide bonds. The number of amides is 1. The van der Waals surface area contributed by atoms with Gasteiger partial charge in [-0.25, -0.2) is 17.9 Å². The number of benzene rings is 2. The van der Waals surface area contributed by atoms with Gasteiger partial charge in [-0.3, -0.25) is 9.69 Å². The zero-order chi connectivity index (χ0) is 35.2. The first-order valence-electron chi connectivity index (χ1n) is 15.9. The van der Waals surface area contributed by atoms with E-state index in [4.69, 9.17) is 4.74 Å². The van der Waals surface area contributed by atoms with Gasteiger partial charge in [0.15, 0.2) is 0 Å². The Bertz CT molecular complexity index is 1800. The van der Waals surface area contributed by atoms with Crippen molar-refractivity contribution in [2.45, 2.75) is 55.6 Å². The summed E-state index contributed by atoms with van der Waals surface area (Å²) >= 11 is 2.54. The molecule has 264 valence electrons. The molecule has 0 saturated carbocycles. The number of ether oxygens (including phenoxy) is 1. The lowest BCUT2D eigenvalue weighted by molar-refractivity contribution is -0.137. The Labute approximate surface area is 289 Å². The topological polar surface area (TPSA) is 85.0 Å². The van der Waals surface area contributed by atoms with Gasteiger partial charge >= 0.3 is 11.9 Å². The highest BCUT2D eigenvalue weighted by Gasteiger charge is 2.40. The van der Waals surface area contributed by atoms with Crippen molar-refractivity contribution in [3.63, 3.8) is 0 Å². The molecule has 3 saturated heterocycles. The van der Waals surface area contributed by atoms with Crippen LogP contribution in [-0.2, 0) is 15.7 Å². The first-order valence-corrected chi connectivity index (χ1v) is 17.8. The predicted molar refractivity (Wildman–Crippen MR) is 182 cm³/mol. The van der Waals surface area contributed by atoms with Gasteiger partial charge in [0, 0.05) is 77.5 Å². The van der Waals surface area contributed by atoms with Gasteiger partial charge in [-0.05, 0) is 51.6 Å². The van der Waals surface area contributed by atoms with Crippen molar-refractivity contribution in [1.29, 1.82) is 0 Å². The maximum atomic E-state index is 15.4. The fourth-order valence-corrected chi connectivity index (χ4v) is 9.18. The quantitative estimate of drug-likeness (QED) is 0.0945. The van der Waals surface area contributed by atoms with Gasteiger partial charge in [-0.15, -0.1) is 11.8 Å². The number of aromatic amines is 1. The number of carbonyl (C=O) groups excluding carboxylic acids is 1. The van der Waals surface area contributed by atoms with Crippen molar-refractivity contribution in [3.05, 3.63) is 64.6 Å². The lowest BCUT2D eigenvalue weighted by Gasteiger charge is -2.44. The van der Waals surface area contributed by atoms with Gasteiger partial charge in [0.25, 0.3) is 0 Å². The number of anilines is 1. The average Bonchev–Trinajstić information content (AvgIpc) is 3.66. The predicted octanol–water partition coefficient (Wildman–Crippen LogP) is 5.60. The lowest BCUT2D eigenvalue weighted by atomic mass is 9.95. The number of nitrogens with zero attached hydrogens (tertiary/aromatic N) is 5. The number of hydrogen-bond acceptors (Lipinski definition) is 9. The number of nitrogens with one attached hydrogen (secondary N) is 1. The summed E-state index contributed by atoms with van der Waals surface area (Å²) in [7, 11) is 1.81. The van der Waals surface area contributed by atoms with Crippen molar-refractivity contribution in [1.82, 2.24) is 24.1 Å². The van der Waals surface area contributed by atoms with Crippen LogP contribution in [0.1, 0.15) is 25.8 Å². The van der Waals surface area contributed by atoms with E-state index in [9.17, 15) is 27.2 Å². The zero-order valence-electron chi connectivity index (χ0n) is 27.2. The molecule has 2 bridgehead atoms. The first kappa shape index (κ1) is 35.6. The van der Waals surface area contributed by atoms with Crippen molar-refractivity contribution in [2.24, 2.45) is 0 Å². The second-order valence-corrected chi connectivity index (χ2v) is 14.9. The highest BCUT2D eigenvalue weighted by Crippen LogP contribution is 2.48. The summed E-state index contributed by atoms with van der Waals surface area (Å²) in [5, 5.41) is 0.0187. The summed E-state index contributed by atoms with van der Waals surface area (Å²) in [5.74, 6) is -1.44. The van der Waals surface area contributed by atoms with Crippen LogP contribution in [0.3, 0.4) is 0 Å². The van der Waals surface area contributed by atoms with Crippen LogP contribution in [0.15, 0.2) is 46.6 Å². The molecule has 3 aromatic rings. The normalized spacial score (nSPS) is 22.9. The highest BCUT2D eigenvalue weighted by atomic mass is 32.2. The minimum absolute atomic E-state index is 0.0147. The fourth-order valence-electron chi connectivity index (χ4n) is 7.11. The number of hydrogen-bond donors (Lipinski definition) is 1. The molecule has 2 aromatic carbocycles. The summed E-state index contributed by atoms with van der Waals surface area (Å²) in [4.78, 5) is 38.1. The number of morpholine rings is 1. The number of thioether (sulfide) groups is 1. The summed E-state index contributed by atoms with van der Waals surface area (Å²) in [6, 6.07) is 2.97. The highest BCUT2D eigenvalue weighted by molar-refractivity contribution is 8.01. The van der Waals surface area contributed by atoms with E-state index in [0.717, 1.165) is 61.8 Å². The number of H-pyrrole nitrogens is 1. The van der Waals surface area contributed by atoms with Crippen LogP contribution in [0, 0.1) is 11.6 Å². The number of aromatic nitrogens is 2. The van der Waals surface area contributed by atoms with Gasteiger partial charge < -0.3 is 19.5 Å². The van der Waals surface area contributed by atoms with Crippen LogP contribution >= 0.6 is 23.7 Å². The number of fused-ring (bicyclic) bond motifs is 3. The van der Waals surface area contributed by atoms with E-state index >= 15 is 4.39 Å². The van der Waals surface area contributed by atoms with Crippen LogP contribution in [0.25, 0.3) is 22.0 Å². The maximum absolute atomic E-state index is 15.4. The summed E-state index contributed by atoms with van der Waals surface area (Å²) < 4.78 is 81.9. The Morgan fingerprint density at radius 1 is 1.18 bits per heavy atom. The minimum Gasteiger partial charge on any atom is -0.375 e. The van der Waals surface area contributed by atoms with Crippen LogP contribution in [0.4, 0.5) is 27.8 Å². The number of halogens is 5. The van der Waals surface area contributed by atoms with Crippen LogP contribution in [0.2, 0.25) is 0 Å². The molecule has 1 N–H and O–H groups in total. The Morgan fingerprint density at radius 3 is 2.53 bits per heavy atom. The molecule has 3 aliphatic heterocycles. The molecule has 3 fully saturated rings. The molecule has 3 aliphatic rings. The number of piperazine rings is 1. The van der Waals surface area contributed by atoms with Crippen molar-refractivity contribution in [2.75, 3.05) is 56.4 Å². The third-order valence-corrected chi connectivity index (χ3v) is 11.5. The fraction of sp³-hybridized carbons (Fsp3) is 0.485. The molecular weight excluding hydrogens is 688 g/mol. The van der Waals surface area contributed by atoms with Gasteiger partial charge in [0.1, 0.15) is 17.5 Å². The molecular formula is C33H37F5N6O3S2.